The highest BCUT2D eigenvalue weighted by Gasteiger charge is 2.19. The maximum Gasteiger partial charge on any atom is 0.158 e. The summed E-state index contributed by atoms with van der Waals surface area (Å²) in [4.78, 5) is 18.4. The molecular weight excluding hydrogens is 445 g/mol. The summed E-state index contributed by atoms with van der Waals surface area (Å²) >= 11 is 0. The molecule has 176 valence electrons. The standard InChI is InChI=1S/C26H24FN7O/c27-21-3-1-2-18(12-21)15-34-24-5-4-22(13-20(24)14-29-34)31-26-25-19(6-11-33(25)30-17-28-26)16-32-9-7-23(35)8-10-32/h1-6,11-14,17H,7-10,15-16H2,(H,28,30,31). The fourth-order valence-corrected chi connectivity index (χ4v) is 4.67. The van der Waals surface area contributed by atoms with E-state index in [1.165, 1.54) is 18.5 Å². The molecule has 0 amide bonds. The number of rotatable bonds is 6. The molecule has 0 atom stereocenters. The van der Waals surface area contributed by atoms with Crippen LogP contribution in [0.25, 0.3) is 16.4 Å². The van der Waals surface area contributed by atoms with Crippen LogP contribution in [0.15, 0.2) is 67.3 Å². The van der Waals surface area contributed by atoms with Crippen molar-refractivity contribution >= 4 is 33.7 Å². The molecule has 0 radical (unpaired) electrons. The van der Waals surface area contributed by atoms with E-state index in [1.807, 2.05) is 45.9 Å². The summed E-state index contributed by atoms with van der Waals surface area (Å²) in [6, 6.07) is 14.7. The number of halogens is 1. The zero-order valence-corrected chi connectivity index (χ0v) is 19.1. The first-order chi connectivity index (χ1) is 17.1. The first-order valence-corrected chi connectivity index (χ1v) is 11.6. The summed E-state index contributed by atoms with van der Waals surface area (Å²) in [6.45, 7) is 2.81. The predicted molar refractivity (Wildman–Crippen MR) is 131 cm³/mol. The quantitative estimate of drug-likeness (QED) is 0.402. The van der Waals surface area contributed by atoms with Gasteiger partial charge >= 0.3 is 0 Å². The molecule has 6 rings (SSSR count). The van der Waals surface area contributed by atoms with Gasteiger partial charge in [0.2, 0.25) is 0 Å². The van der Waals surface area contributed by atoms with Crippen molar-refractivity contribution in [3.8, 4) is 0 Å². The van der Waals surface area contributed by atoms with E-state index in [1.54, 1.807) is 6.07 Å². The molecule has 0 spiro atoms. The van der Waals surface area contributed by atoms with E-state index in [2.05, 4.69) is 31.5 Å². The van der Waals surface area contributed by atoms with Gasteiger partial charge in [-0.1, -0.05) is 12.1 Å². The van der Waals surface area contributed by atoms with Gasteiger partial charge in [-0.25, -0.2) is 13.9 Å². The number of aromatic nitrogens is 5. The van der Waals surface area contributed by atoms with Gasteiger partial charge in [0.25, 0.3) is 0 Å². The van der Waals surface area contributed by atoms with Crippen LogP contribution in [-0.2, 0) is 17.9 Å². The molecule has 0 unspecified atom stereocenters. The second-order valence-corrected chi connectivity index (χ2v) is 8.89. The third kappa shape index (κ3) is 4.38. The van der Waals surface area contributed by atoms with Crippen molar-refractivity contribution < 1.29 is 9.18 Å². The molecule has 4 heterocycles. The lowest BCUT2D eigenvalue weighted by Gasteiger charge is -2.25. The lowest BCUT2D eigenvalue weighted by Crippen LogP contribution is -2.33. The highest BCUT2D eigenvalue weighted by molar-refractivity contribution is 5.85. The summed E-state index contributed by atoms with van der Waals surface area (Å²) in [6.07, 6.45) is 6.51. The SMILES string of the molecule is O=C1CCN(Cc2ccn3ncnc(Nc4ccc5c(cnn5Cc5cccc(F)c5)c4)c23)CC1. The minimum Gasteiger partial charge on any atom is -0.338 e. The summed E-state index contributed by atoms with van der Waals surface area (Å²) in [5, 5.41) is 13.3. The number of benzene rings is 2. The molecule has 1 saturated heterocycles. The molecule has 1 aliphatic heterocycles. The summed E-state index contributed by atoms with van der Waals surface area (Å²) in [5.41, 5.74) is 4.76. The molecular formula is C26H24FN7O. The van der Waals surface area contributed by atoms with Crippen LogP contribution >= 0.6 is 0 Å². The molecule has 2 aromatic carbocycles. The number of nitrogens with one attached hydrogen (secondary N) is 1. The minimum absolute atomic E-state index is 0.250. The molecule has 0 aliphatic carbocycles. The number of fused-ring (bicyclic) bond motifs is 2. The van der Waals surface area contributed by atoms with Gasteiger partial charge < -0.3 is 5.32 Å². The van der Waals surface area contributed by atoms with E-state index in [0.29, 0.717) is 25.2 Å². The van der Waals surface area contributed by atoms with Crippen LogP contribution in [0, 0.1) is 5.82 Å². The van der Waals surface area contributed by atoms with Crippen LogP contribution in [0.4, 0.5) is 15.9 Å². The molecule has 5 aromatic rings. The molecule has 1 N–H and O–H groups in total. The van der Waals surface area contributed by atoms with Crippen molar-refractivity contribution in [2.45, 2.75) is 25.9 Å². The maximum atomic E-state index is 13.6. The van der Waals surface area contributed by atoms with Crippen molar-refractivity contribution in [2.24, 2.45) is 0 Å². The number of carbonyl (C=O) groups is 1. The van der Waals surface area contributed by atoms with E-state index >= 15 is 0 Å². The highest BCUT2D eigenvalue weighted by Crippen LogP contribution is 2.27. The monoisotopic (exact) mass is 469 g/mol. The number of nitrogens with zero attached hydrogens (tertiary/aromatic N) is 6. The number of likely N-dealkylation sites (tertiary alicyclic amines) is 1. The van der Waals surface area contributed by atoms with Gasteiger partial charge in [0, 0.05) is 49.7 Å². The number of carbonyl (C=O) groups excluding carboxylic acids is 1. The van der Waals surface area contributed by atoms with E-state index < -0.39 is 0 Å². The molecule has 0 bridgehead atoms. The Labute approximate surface area is 201 Å². The van der Waals surface area contributed by atoms with Crippen LogP contribution in [-0.4, -0.2) is 48.2 Å². The van der Waals surface area contributed by atoms with Crippen molar-refractivity contribution in [3.63, 3.8) is 0 Å². The van der Waals surface area contributed by atoms with Crippen LogP contribution in [0.2, 0.25) is 0 Å². The Morgan fingerprint density at radius 3 is 2.74 bits per heavy atom. The Balaban J connectivity index is 1.26. The van der Waals surface area contributed by atoms with Crippen LogP contribution in [0.5, 0.6) is 0 Å². The van der Waals surface area contributed by atoms with Gasteiger partial charge in [0.15, 0.2) is 5.82 Å². The first kappa shape index (κ1) is 21.4. The number of hydrogen-bond acceptors (Lipinski definition) is 6. The number of ketones is 1. The Kier molecular flexibility index (Phi) is 5.46. The van der Waals surface area contributed by atoms with Crippen molar-refractivity contribution in [1.82, 2.24) is 29.3 Å². The molecule has 35 heavy (non-hydrogen) atoms. The number of hydrogen-bond donors (Lipinski definition) is 1. The van der Waals surface area contributed by atoms with E-state index in [9.17, 15) is 9.18 Å². The minimum atomic E-state index is -0.250. The molecule has 1 aliphatic rings. The smallest absolute Gasteiger partial charge is 0.158 e. The Hall–Kier alpha value is -4.11. The third-order valence-electron chi connectivity index (χ3n) is 6.47. The van der Waals surface area contributed by atoms with Gasteiger partial charge in [0.1, 0.15) is 23.4 Å². The number of anilines is 2. The lowest BCUT2D eigenvalue weighted by atomic mass is 10.1. The number of piperidine rings is 1. The predicted octanol–water partition coefficient (Wildman–Crippen LogP) is 4.17. The van der Waals surface area contributed by atoms with Gasteiger partial charge in [-0.05, 0) is 47.5 Å². The normalized spacial score (nSPS) is 14.7. The molecule has 0 saturated carbocycles. The van der Waals surface area contributed by atoms with Gasteiger partial charge in [0.05, 0.1) is 18.3 Å². The molecule has 8 nitrogen and oxygen atoms in total. The van der Waals surface area contributed by atoms with E-state index in [0.717, 1.165) is 58.7 Å². The molecule has 1 fully saturated rings. The Morgan fingerprint density at radius 1 is 1.00 bits per heavy atom. The van der Waals surface area contributed by atoms with Gasteiger partial charge in [-0.15, -0.1) is 0 Å². The summed E-state index contributed by atoms with van der Waals surface area (Å²) in [7, 11) is 0. The average molecular weight is 470 g/mol. The lowest BCUT2D eigenvalue weighted by molar-refractivity contribution is -0.121. The Bertz CT molecular complexity index is 1530. The number of Topliss-reactive ketones (excluding diaryl/α,β-unsaturated/α-hetero) is 1. The van der Waals surface area contributed by atoms with Crippen LogP contribution < -0.4 is 5.32 Å². The zero-order valence-electron chi connectivity index (χ0n) is 19.1. The fraction of sp³-hybridized carbons (Fsp3) is 0.231. The summed E-state index contributed by atoms with van der Waals surface area (Å²) in [5.74, 6) is 0.808. The molecule has 3 aromatic heterocycles. The van der Waals surface area contributed by atoms with E-state index in [-0.39, 0.29) is 5.82 Å². The Morgan fingerprint density at radius 2 is 1.89 bits per heavy atom. The highest BCUT2D eigenvalue weighted by atomic mass is 19.1. The van der Waals surface area contributed by atoms with Crippen molar-refractivity contribution in [3.05, 3.63) is 84.2 Å². The van der Waals surface area contributed by atoms with Crippen LogP contribution in [0.1, 0.15) is 24.0 Å². The summed E-state index contributed by atoms with van der Waals surface area (Å²) < 4.78 is 17.3. The fourth-order valence-electron chi connectivity index (χ4n) is 4.67. The van der Waals surface area contributed by atoms with E-state index in [4.69, 9.17) is 0 Å². The average Bonchev–Trinajstić information content (AvgIpc) is 3.45. The first-order valence-electron chi connectivity index (χ1n) is 11.6. The van der Waals surface area contributed by atoms with Crippen molar-refractivity contribution in [2.75, 3.05) is 18.4 Å². The van der Waals surface area contributed by atoms with Gasteiger partial charge in [-0.2, -0.15) is 10.2 Å². The zero-order chi connectivity index (χ0) is 23.8. The second kappa shape index (κ2) is 8.92. The molecule has 9 heteroatoms. The second-order valence-electron chi connectivity index (χ2n) is 8.89. The van der Waals surface area contributed by atoms with Gasteiger partial charge in [-0.3, -0.25) is 14.4 Å². The maximum absolute atomic E-state index is 13.6. The van der Waals surface area contributed by atoms with Crippen molar-refractivity contribution in [1.29, 1.82) is 0 Å². The third-order valence-corrected chi connectivity index (χ3v) is 6.47. The largest absolute Gasteiger partial charge is 0.338 e. The topological polar surface area (TPSA) is 80.3 Å². The van der Waals surface area contributed by atoms with Crippen LogP contribution in [0.3, 0.4) is 0 Å².